The number of pyridine rings is 1. The van der Waals surface area contributed by atoms with Gasteiger partial charge in [0.25, 0.3) is 0 Å². The lowest BCUT2D eigenvalue weighted by atomic mass is 9.71. The molecule has 112 valence electrons. The van der Waals surface area contributed by atoms with E-state index in [2.05, 4.69) is 44.1 Å². The molecule has 0 aromatic carbocycles. The minimum absolute atomic E-state index is 0.293. The summed E-state index contributed by atoms with van der Waals surface area (Å²) >= 11 is 0. The molecule has 3 heteroatoms. The Labute approximate surface area is 123 Å². The fourth-order valence-electron chi connectivity index (χ4n) is 3.44. The van der Waals surface area contributed by atoms with E-state index in [1.807, 2.05) is 19.3 Å². The van der Waals surface area contributed by atoms with Crippen LogP contribution in [0, 0.1) is 11.3 Å². The summed E-state index contributed by atoms with van der Waals surface area (Å²) in [7, 11) is 1.97. The molecule has 1 aliphatic rings. The second-order valence-corrected chi connectivity index (χ2v) is 7.09. The molecule has 0 amide bonds. The molecule has 1 heterocycles. The lowest BCUT2D eigenvalue weighted by Gasteiger charge is -2.38. The number of hydrogen-bond acceptors (Lipinski definition) is 3. The molecule has 0 saturated heterocycles. The minimum atomic E-state index is 0.293. The van der Waals surface area contributed by atoms with E-state index in [0.29, 0.717) is 17.6 Å². The highest BCUT2D eigenvalue weighted by Gasteiger charge is 2.33. The van der Waals surface area contributed by atoms with Gasteiger partial charge in [0.2, 0.25) is 5.88 Å². The number of rotatable bonds is 4. The molecule has 1 aliphatic carbocycles. The molecule has 1 saturated carbocycles. The van der Waals surface area contributed by atoms with Crippen LogP contribution in [0.4, 0.5) is 0 Å². The lowest BCUT2D eigenvalue weighted by Crippen LogP contribution is -2.34. The third-order valence-corrected chi connectivity index (χ3v) is 4.33. The van der Waals surface area contributed by atoms with Gasteiger partial charge in [0.1, 0.15) is 6.10 Å². The first-order valence-electron chi connectivity index (χ1n) is 7.69. The van der Waals surface area contributed by atoms with E-state index in [1.165, 1.54) is 12.0 Å². The normalized spacial score (nSPS) is 27.1. The Morgan fingerprint density at radius 2 is 2.15 bits per heavy atom. The van der Waals surface area contributed by atoms with Gasteiger partial charge in [-0.05, 0) is 56.2 Å². The molecule has 0 radical (unpaired) electrons. The van der Waals surface area contributed by atoms with Crippen molar-refractivity contribution in [3.05, 3.63) is 23.9 Å². The molecule has 20 heavy (non-hydrogen) atoms. The monoisotopic (exact) mass is 276 g/mol. The van der Waals surface area contributed by atoms with E-state index < -0.39 is 0 Å². The second kappa shape index (κ2) is 6.13. The topological polar surface area (TPSA) is 34.2 Å². The molecule has 2 rings (SSSR count). The Bertz CT molecular complexity index is 444. The summed E-state index contributed by atoms with van der Waals surface area (Å²) in [6, 6.07) is 4.43. The Kier molecular flexibility index (Phi) is 4.69. The quantitative estimate of drug-likeness (QED) is 0.904. The Morgan fingerprint density at radius 3 is 2.80 bits per heavy atom. The maximum atomic E-state index is 6.16. The maximum absolute atomic E-state index is 6.16. The average molecular weight is 276 g/mol. The van der Waals surface area contributed by atoms with Gasteiger partial charge in [-0.3, -0.25) is 0 Å². The molecule has 0 aliphatic heterocycles. The summed E-state index contributed by atoms with van der Waals surface area (Å²) in [6.45, 7) is 9.15. The molecule has 1 N–H and O–H groups in total. The van der Waals surface area contributed by atoms with E-state index in [1.54, 1.807) is 0 Å². The first kappa shape index (κ1) is 15.3. The van der Waals surface area contributed by atoms with Crippen molar-refractivity contribution in [3.8, 4) is 5.88 Å². The van der Waals surface area contributed by atoms with Gasteiger partial charge in [0.15, 0.2) is 0 Å². The van der Waals surface area contributed by atoms with Gasteiger partial charge in [-0.2, -0.15) is 0 Å². The molecule has 0 spiro atoms. The van der Waals surface area contributed by atoms with Crippen LogP contribution < -0.4 is 10.1 Å². The fourth-order valence-corrected chi connectivity index (χ4v) is 3.44. The van der Waals surface area contributed by atoms with Crippen molar-refractivity contribution in [2.75, 3.05) is 7.05 Å². The summed E-state index contributed by atoms with van der Waals surface area (Å²) in [5, 5.41) is 3.25. The van der Waals surface area contributed by atoms with Crippen molar-refractivity contribution in [1.29, 1.82) is 0 Å². The van der Waals surface area contributed by atoms with E-state index in [9.17, 15) is 0 Å². The van der Waals surface area contributed by atoms with Crippen LogP contribution in [0.5, 0.6) is 5.88 Å². The number of nitrogens with zero attached hydrogens (tertiary/aromatic N) is 1. The maximum Gasteiger partial charge on any atom is 0.213 e. The Balaban J connectivity index is 2.06. The minimum Gasteiger partial charge on any atom is -0.474 e. The molecule has 1 aromatic heterocycles. The van der Waals surface area contributed by atoms with Gasteiger partial charge in [-0.1, -0.05) is 20.8 Å². The van der Waals surface area contributed by atoms with Gasteiger partial charge >= 0.3 is 0 Å². The zero-order valence-electron chi connectivity index (χ0n) is 13.4. The van der Waals surface area contributed by atoms with Crippen LogP contribution in [-0.4, -0.2) is 18.1 Å². The molecule has 3 atom stereocenters. The van der Waals surface area contributed by atoms with Crippen molar-refractivity contribution in [3.63, 3.8) is 0 Å². The van der Waals surface area contributed by atoms with Crippen molar-refractivity contribution < 1.29 is 4.74 Å². The van der Waals surface area contributed by atoms with Crippen LogP contribution in [0.2, 0.25) is 0 Å². The first-order valence-corrected chi connectivity index (χ1v) is 7.69. The van der Waals surface area contributed by atoms with Gasteiger partial charge in [0.05, 0.1) is 0 Å². The van der Waals surface area contributed by atoms with Crippen molar-refractivity contribution in [2.45, 2.75) is 59.1 Å². The SMILES string of the molecule is CNC(C)c1ccnc(OC2CC(C)CC(C)(C)C2)c1. The molecule has 3 unspecified atom stereocenters. The van der Waals surface area contributed by atoms with E-state index in [4.69, 9.17) is 4.74 Å². The number of aromatic nitrogens is 1. The third kappa shape index (κ3) is 3.95. The van der Waals surface area contributed by atoms with Gasteiger partial charge in [0, 0.05) is 18.3 Å². The average Bonchev–Trinajstić information content (AvgIpc) is 2.35. The summed E-state index contributed by atoms with van der Waals surface area (Å²) in [4.78, 5) is 4.37. The predicted molar refractivity (Wildman–Crippen MR) is 82.9 cm³/mol. The first-order chi connectivity index (χ1) is 9.39. The highest BCUT2D eigenvalue weighted by molar-refractivity contribution is 5.23. The summed E-state index contributed by atoms with van der Waals surface area (Å²) in [5.74, 6) is 1.49. The number of hydrogen-bond donors (Lipinski definition) is 1. The largest absolute Gasteiger partial charge is 0.474 e. The van der Waals surface area contributed by atoms with E-state index in [-0.39, 0.29) is 0 Å². The summed E-state index contributed by atoms with van der Waals surface area (Å²) < 4.78 is 6.16. The number of ether oxygens (including phenoxy) is 1. The van der Waals surface area contributed by atoms with Crippen LogP contribution in [0.25, 0.3) is 0 Å². The van der Waals surface area contributed by atoms with E-state index >= 15 is 0 Å². The summed E-state index contributed by atoms with van der Waals surface area (Å²) in [6.07, 6.45) is 5.68. The highest BCUT2D eigenvalue weighted by Crippen LogP contribution is 2.39. The van der Waals surface area contributed by atoms with E-state index in [0.717, 1.165) is 24.6 Å². The lowest BCUT2D eigenvalue weighted by molar-refractivity contribution is 0.0532. The smallest absolute Gasteiger partial charge is 0.213 e. The van der Waals surface area contributed by atoms with Crippen LogP contribution in [0.15, 0.2) is 18.3 Å². The second-order valence-electron chi connectivity index (χ2n) is 7.09. The molecule has 3 nitrogen and oxygen atoms in total. The van der Waals surface area contributed by atoms with Gasteiger partial charge in [-0.25, -0.2) is 4.98 Å². The van der Waals surface area contributed by atoms with Crippen molar-refractivity contribution >= 4 is 0 Å². The number of nitrogens with one attached hydrogen (secondary N) is 1. The zero-order chi connectivity index (χ0) is 14.8. The van der Waals surface area contributed by atoms with Crippen LogP contribution in [0.1, 0.15) is 58.6 Å². The van der Waals surface area contributed by atoms with Crippen LogP contribution in [-0.2, 0) is 0 Å². The molecular formula is C17H28N2O. The van der Waals surface area contributed by atoms with Crippen molar-refractivity contribution in [2.24, 2.45) is 11.3 Å². The van der Waals surface area contributed by atoms with Crippen molar-refractivity contribution in [1.82, 2.24) is 10.3 Å². The van der Waals surface area contributed by atoms with Gasteiger partial charge in [-0.15, -0.1) is 0 Å². The molecule has 0 bridgehead atoms. The Hall–Kier alpha value is -1.09. The molecule has 1 fully saturated rings. The third-order valence-electron chi connectivity index (χ3n) is 4.33. The predicted octanol–water partition coefficient (Wildman–Crippen LogP) is 3.96. The zero-order valence-corrected chi connectivity index (χ0v) is 13.4. The molecular weight excluding hydrogens is 248 g/mol. The van der Waals surface area contributed by atoms with Crippen LogP contribution in [0.3, 0.4) is 0 Å². The highest BCUT2D eigenvalue weighted by atomic mass is 16.5. The summed E-state index contributed by atoms with van der Waals surface area (Å²) in [5.41, 5.74) is 1.60. The standard InChI is InChI=1S/C17H28N2O/c1-12-8-15(11-17(3,4)10-12)20-16-9-14(6-7-19-16)13(2)18-5/h6-7,9,12-13,15,18H,8,10-11H2,1-5H3. The van der Waals surface area contributed by atoms with Gasteiger partial charge < -0.3 is 10.1 Å². The Morgan fingerprint density at radius 1 is 1.40 bits per heavy atom. The molecule has 1 aromatic rings. The fraction of sp³-hybridized carbons (Fsp3) is 0.706. The van der Waals surface area contributed by atoms with Crippen LogP contribution >= 0.6 is 0 Å².